The van der Waals surface area contributed by atoms with Crippen LogP contribution >= 0.6 is 0 Å². The van der Waals surface area contributed by atoms with Crippen LogP contribution in [0.5, 0.6) is 0 Å². The van der Waals surface area contributed by atoms with Gasteiger partial charge >= 0.3 is 0 Å². The maximum absolute atomic E-state index is 12.6. The van der Waals surface area contributed by atoms with Crippen LogP contribution in [-0.2, 0) is 19.5 Å². The van der Waals surface area contributed by atoms with Crippen molar-refractivity contribution in [3.63, 3.8) is 0 Å². The smallest absolute Gasteiger partial charge is 0.246 e. The molecule has 0 spiro atoms. The normalized spacial score (nSPS) is 11.9. The van der Waals surface area contributed by atoms with Gasteiger partial charge in [-0.2, -0.15) is 4.31 Å². The fourth-order valence-corrected chi connectivity index (χ4v) is 3.22. The van der Waals surface area contributed by atoms with Gasteiger partial charge in [-0.25, -0.2) is 13.4 Å². The summed E-state index contributed by atoms with van der Waals surface area (Å²) in [7, 11) is -0.572. The van der Waals surface area contributed by atoms with Gasteiger partial charge in [-0.05, 0) is 18.6 Å². The molecule has 0 fully saturated rings. The molecule has 1 aromatic heterocycles. The van der Waals surface area contributed by atoms with E-state index in [2.05, 4.69) is 4.98 Å². The van der Waals surface area contributed by atoms with E-state index in [-0.39, 0.29) is 17.3 Å². The molecule has 7 nitrogen and oxygen atoms in total. The van der Waals surface area contributed by atoms with Gasteiger partial charge in [0.25, 0.3) is 0 Å². The Hall–Kier alpha value is -1.22. The van der Waals surface area contributed by atoms with Gasteiger partial charge in [0.05, 0.1) is 6.61 Å². The zero-order chi connectivity index (χ0) is 15.0. The molecule has 0 saturated carbocycles. The number of hydrogen-bond donors (Lipinski definition) is 1. The Labute approximate surface area is 119 Å². The Kier molecular flexibility index (Phi) is 6.86. The predicted octanol–water partition coefficient (Wildman–Crippen LogP) is 0.337. The van der Waals surface area contributed by atoms with Crippen molar-refractivity contribution < 1.29 is 17.9 Å². The van der Waals surface area contributed by atoms with Crippen LogP contribution in [0, 0.1) is 0 Å². The van der Waals surface area contributed by atoms with Crippen LogP contribution in [0.4, 0.5) is 5.82 Å². The van der Waals surface area contributed by atoms with Gasteiger partial charge in [-0.1, -0.05) is 0 Å². The predicted molar refractivity (Wildman–Crippen MR) is 75.8 cm³/mol. The molecule has 1 aromatic rings. The molecule has 0 radical (unpaired) electrons. The lowest BCUT2D eigenvalue weighted by atomic mass is 10.4. The number of ether oxygens (including phenoxy) is 2. The standard InChI is InChI=1S/C12H21N3O4S/c1-18-9-4-7-15(8-10-19-2)20(16,17)11-5-3-6-14-12(11)13/h3,5-6H,4,7-10H2,1-2H3,(H2,13,14). The summed E-state index contributed by atoms with van der Waals surface area (Å²) < 4.78 is 36.4. The lowest BCUT2D eigenvalue weighted by Crippen LogP contribution is -2.35. The highest BCUT2D eigenvalue weighted by Gasteiger charge is 2.26. The number of rotatable bonds is 9. The highest BCUT2D eigenvalue weighted by atomic mass is 32.2. The van der Waals surface area contributed by atoms with E-state index in [1.807, 2.05) is 0 Å². The molecule has 0 atom stereocenters. The summed E-state index contributed by atoms with van der Waals surface area (Å²) >= 11 is 0. The van der Waals surface area contributed by atoms with Crippen LogP contribution in [0.15, 0.2) is 23.2 Å². The summed E-state index contributed by atoms with van der Waals surface area (Å²) in [6, 6.07) is 3.00. The second-order valence-electron chi connectivity index (χ2n) is 4.13. The summed E-state index contributed by atoms with van der Waals surface area (Å²) in [4.78, 5) is 3.84. The van der Waals surface area contributed by atoms with Crippen LogP contribution in [0.3, 0.4) is 0 Å². The molecule has 1 rings (SSSR count). The van der Waals surface area contributed by atoms with E-state index >= 15 is 0 Å². The van der Waals surface area contributed by atoms with Gasteiger partial charge in [-0.3, -0.25) is 0 Å². The number of nitrogen functional groups attached to an aromatic ring is 1. The van der Waals surface area contributed by atoms with Gasteiger partial charge < -0.3 is 15.2 Å². The Balaban J connectivity index is 2.95. The molecule has 0 unspecified atom stereocenters. The SMILES string of the molecule is COCCCN(CCOC)S(=O)(=O)c1cccnc1N. The molecule has 0 aromatic carbocycles. The largest absolute Gasteiger partial charge is 0.385 e. The quantitative estimate of drug-likeness (QED) is 0.661. The number of aromatic nitrogens is 1. The molecular formula is C12H21N3O4S. The fraction of sp³-hybridized carbons (Fsp3) is 0.583. The van der Waals surface area contributed by atoms with E-state index in [9.17, 15) is 8.42 Å². The summed E-state index contributed by atoms with van der Waals surface area (Å²) in [5.41, 5.74) is 5.66. The molecular weight excluding hydrogens is 282 g/mol. The van der Waals surface area contributed by atoms with Crippen LogP contribution in [0.25, 0.3) is 0 Å². The second kappa shape index (κ2) is 8.15. The minimum absolute atomic E-state index is 0.00154. The Morgan fingerprint density at radius 1 is 1.25 bits per heavy atom. The first-order chi connectivity index (χ1) is 9.54. The lowest BCUT2D eigenvalue weighted by Gasteiger charge is -2.22. The van der Waals surface area contributed by atoms with Crippen molar-refractivity contribution in [3.8, 4) is 0 Å². The van der Waals surface area contributed by atoms with Crippen molar-refractivity contribution in [2.45, 2.75) is 11.3 Å². The van der Waals surface area contributed by atoms with Crippen molar-refractivity contribution in [1.29, 1.82) is 0 Å². The van der Waals surface area contributed by atoms with Gasteiger partial charge in [0.15, 0.2) is 0 Å². The third kappa shape index (κ3) is 4.41. The first-order valence-electron chi connectivity index (χ1n) is 6.22. The molecule has 8 heteroatoms. The average molecular weight is 303 g/mol. The summed E-state index contributed by atoms with van der Waals surface area (Å²) in [6.07, 6.45) is 2.05. The Bertz CT molecular complexity index is 507. The Morgan fingerprint density at radius 3 is 2.55 bits per heavy atom. The van der Waals surface area contributed by atoms with Gasteiger partial charge in [-0.15, -0.1) is 0 Å². The number of sulfonamides is 1. The number of nitrogens with zero attached hydrogens (tertiary/aromatic N) is 2. The van der Waals surface area contributed by atoms with Crippen LogP contribution in [0.2, 0.25) is 0 Å². The van der Waals surface area contributed by atoms with Crippen molar-refractivity contribution in [1.82, 2.24) is 9.29 Å². The maximum atomic E-state index is 12.6. The van der Waals surface area contributed by atoms with Crippen LogP contribution in [-0.4, -0.2) is 58.2 Å². The third-order valence-corrected chi connectivity index (χ3v) is 4.66. The summed E-state index contributed by atoms with van der Waals surface area (Å²) in [6.45, 7) is 1.40. The molecule has 114 valence electrons. The van der Waals surface area contributed by atoms with Crippen molar-refractivity contribution >= 4 is 15.8 Å². The van der Waals surface area contributed by atoms with Gasteiger partial charge in [0.1, 0.15) is 10.7 Å². The average Bonchev–Trinajstić information content (AvgIpc) is 2.42. The van der Waals surface area contributed by atoms with E-state index < -0.39 is 10.0 Å². The second-order valence-corrected chi connectivity index (χ2v) is 6.04. The van der Waals surface area contributed by atoms with Crippen molar-refractivity contribution in [3.05, 3.63) is 18.3 Å². The molecule has 20 heavy (non-hydrogen) atoms. The molecule has 0 aliphatic carbocycles. The highest BCUT2D eigenvalue weighted by Crippen LogP contribution is 2.20. The molecule has 0 amide bonds. The summed E-state index contributed by atoms with van der Waals surface area (Å²) in [5, 5.41) is 0. The first-order valence-corrected chi connectivity index (χ1v) is 7.66. The molecule has 0 saturated heterocycles. The maximum Gasteiger partial charge on any atom is 0.246 e. The van der Waals surface area contributed by atoms with Crippen molar-refractivity contribution in [2.75, 3.05) is 46.3 Å². The first kappa shape index (κ1) is 16.8. The Morgan fingerprint density at radius 2 is 1.95 bits per heavy atom. The molecule has 1 heterocycles. The number of anilines is 1. The monoisotopic (exact) mass is 303 g/mol. The van der Waals surface area contributed by atoms with E-state index in [1.165, 1.54) is 23.7 Å². The number of pyridine rings is 1. The lowest BCUT2D eigenvalue weighted by molar-refractivity contribution is 0.164. The zero-order valence-electron chi connectivity index (χ0n) is 11.8. The molecule has 2 N–H and O–H groups in total. The van der Waals surface area contributed by atoms with E-state index in [0.717, 1.165) is 0 Å². The molecule has 0 aliphatic heterocycles. The van der Waals surface area contributed by atoms with Gasteiger partial charge in [0, 0.05) is 40.1 Å². The fourth-order valence-electron chi connectivity index (χ4n) is 1.69. The summed E-state index contributed by atoms with van der Waals surface area (Å²) in [5.74, 6) is 0.00154. The molecule has 0 aliphatic rings. The van der Waals surface area contributed by atoms with Crippen LogP contribution < -0.4 is 5.73 Å². The third-order valence-electron chi connectivity index (χ3n) is 2.72. The van der Waals surface area contributed by atoms with E-state index in [0.29, 0.717) is 26.2 Å². The minimum atomic E-state index is -3.67. The van der Waals surface area contributed by atoms with Gasteiger partial charge in [0.2, 0.25) is 10.0 Å². The van der Waals surface area contributed by atoms with E-state index in [4.69, 9.17) is 15.2 Å². The van der Waals surface area contributed by atoms with Crippen LogP contribution in [0.1, 0.15) is 6.42 Å². The highest BCUT2D eigenvalue weighted by molar-refractivity contribution is 7.89. The number of hydrogen-bond acceptors (Lipinski definition) is 6. The molecule has 0 bridgehead atoms. The number of methoxy groups -OCH3 is 2. The van der Waals surface area contributed by atoms with Crippen molar-refractivity contribution in [2.24, 2.45) is 0 Å². The zero-order valence-corrected chi connectivity index (χ0v) is 12.6. The minimum Gasteiger partial charge on any atom is -0.385 e. The topological polar surface area (TPSA) is 94.8 Å². The van der Waals surface area contributed by atoms with E-state index in [1.54, 1.807) is 13.2 Å². The number of nitrogens with two attached hydrogens (primary N) is 1.